The van der Waals surface area contributed by atoms with Gasteiger partial charge in [0.05, 0.1) is 21.5 Å². The molecule has 2 aromatic carbocycles. The molecule has 0 aliphatic heterocycles. The molecule has 1 heterocycles. The van der Waals surface area contributed by atoms with Crippen LogP contribution < -0.4 is 0 Å². The number of halogens is 1. The smallest absolute Gasteiger partial charge is 0.270 e. The lowest BCUT2D eigenvalue weighted by atomic mass is 10.2. The molecule has 3 aromatic rings. The van der Waals surface area contributed by atoms with Crippen LogP contribution in [0.15, 0.2) is 46.5 Å². The summed E-state index contributed by atoms with van der Waals surface area (Å²) in [6.07, 6.45) is 0. The van der Waals surface area contributed by atoms with Gasteiger partial charge in [0.25, 0.3) is 5.69 Å². The molecule has 0 aliphatic carbocycles. The molecule has 1 aromatic heterocycles. The lowest BCUT2D eigenvalue weighted by Gasteiger charge is -2.00. The zero-order valence-corrected chi connectivity index (χ0v) is 12.5. The first-order valence-electron chi connectivity index (χ1n) is 6.08. The number of benzene rings is 2. The fourth-order valence-electron chi connectivity index (χ4n) is 1.92. The van der Waals surface area contributed by atoms with Gasteiger partial charge in [-0.15, -0.1) is 0 Å². The van der Waals surface area contributed by atoms with Crippen molar-refractivity contribution in [2.24, 2.45) is 0 Å². The van der Waals surface area contributed by atoms with Gasteiger partial charge in [-0.1, -0.05) is 23.4 Å². The second kappa shape index (κ2) is 5.67. The Balaban J connectivity index is 1.97. The van der Waals surface area contributed by atoms with E-state index < -0.39 is 4.92 Å². The molecule has 0 atom stereocenters. The van der Waals surface area contributed by atoms with Crippen LogP contribution in [0.1, 0.15) is 5.56 Å². The van der Waals surface area contributed by atoms with Gasteiger partial charge in [0.15, 0.2) is 5.16 Å². The van der Waals surface area contributed by atoms with Crippen molar-refractivity contribution in [3.05, 3.63) is 57.1 Å². The molecule has 0 radical (unpaired) electrons. The summed E-state index contributed by atoms with van der Waals surface area (Å²) in [6.45, 7) is 0. The molecule has 0 spiro atoms. The summed E-state index contributed by atoms with van der Waals surface area (Å²) in [5.41, 5.74) is 1.66. The first-order chi connectivity index (χ1) is 10.6. The monoisotopic (exact) mass is 330 g/mol. The highest BCUT2D eigenvalue weighted by atomic mass is 35.5. The van der Waals surface area contributed by atoms with E-state index in [9.17, 15) is 10.1 Å². The number of nitriles is 1. The molecular weight excluding hydrogens is 324 g/mol. The highest BCUT2D eigenvalue weighted by Crippen LogP contribution is 2.32. The maximum absolute atomic E-state index is 10.7. The number of nitro groups is 1. The van der Waals surface area contributed by atoms with Crippen molar-refractivity contribution >= 4 is 40.1 Å². The summed E-state index contributed by atoms with van der Waals surface area (Å²) in [4.78, 5) is 18.3. The predicted octanol–water partition coefficient (Wildman–Crippen LogP) is 4.15. The van der Waals surface area contributed by atoms with E-state index in [0.29, 0.717) is 15.1 Å². The Kier molecular flexibility index (Phi) is 3.71. The molecule has 1 N–H and O–H groups in total. The van der Waals surface area contributed by atoms with E-state index in [4.69, 9.17) is 16.9 Å². The van der Waals surface area contributed by atoms with Gasteiger partial charge < -0.3 is 4.98 Å². The molecule has 6 nitrogen and oxygen atoms in total. The number of H-pyrrole nitrogens is 1. The number of non-ortho nitro benzene ring substituents is 1. The third kappa shape index (κ3) is 2.74. The van der Waals surface area contributed by atoms with Crippen LogP contribution in [0, 0.1) is 21.4 Å². The quantitative estimate of drug-likeness (QED) is 0.575. The fraction of sp³-hybridized carbons (Fsp3) is 0. The number of hydrogen-bond acceptors (Lipinski definition) is 5. The summed E-state index contributed by atoms with van der Waals surface area (Å²) < 4.78 is 0. The number of nitro benzene ring substituents is 1. The van der Waals surface area contributed by atoms with Crippen LogP contribution in [0.5, 0.6) is 0 Å². The predicted molar refractivity (Wildman–Crippen MR) is 83.0 cm³/mol. The Morgan fingerprint density at radius 2 is 2.14 bits per heavy atom. The first kappa shape index (κ1) is 14.4. The number of rotatable bonds is 3. The molecule has 108 valence electrons. The van der Waals surface area contributed by atoms with Crippen molar-refractivity contribution in [2.75, 3.05) is 0 Å². The number of nitrogens with zero attached hydrogens (tertiary/aromatic N) is 3. The summed E-state index contributed by atoms with van der Waals surface area (Å²) in [5.74, 6) is 0. The molecular formula is C14H7ClN4O2S. The number of aromatic nitrogens is 2. The minimum Gasteiger partial charge on any atom is -0.333 e. The van der Waals surface area contributed by atoms with Crippen molar-refractivity contribution in [3.63, 3.8) is 0 Å². The maximum atomic E-state index is 10.7. The molecule has 3 rings (SSSR count). The van der Waals surface area contributed by atoms with Gasteiger partial charge in [0.1, 0.15) is 6.07 Å². The third-order valence-corrected chi connectivity index (χ3v) is 4.12. The number of aromatic amines is 1. The summed E-state index contributed by atoms with van der Waals surface area (Å²) in [5, 5.41) is 21.1. The Labute approximate surface area is 133 Å². The normalized spacial score (nSPS) is 10.5. The molecule has 0 saturated heterocycles. The maximum Gasteiger partial charge on any atom is 0.270 e. The molecule has 0 saturated carbocycles. The molecule has 0 unspecified atom stereocenters. The van der Waals surface area contributed by atoms with Gasteiger partial charge in [0, 0.05) is 22.1 Å². The largest absolute Gasteiger partial charge is 0.333 e. The van der Waals surface area contributed by atoms with E-state index in [0.717, 1.165) is 11.0 Å². The minimum atomic E-state index is -0.529. The van der Waals surface area contributed by atoms with E-state index in [1.54, 1.807) is 24.3 Å². The minimum absolute atomic E-state index is 0.114. The summed E-state index contributed by atoms with van der Waals surface area (Å²) in [6, 6.07) is 11.4. The number of imidazole rings is 1. The van der Waals surface area contributed by atoms with Gasteiger partial charge in [-0.2, -0.15) is 5.26 Å². The molecule has 22 heavy (non-hydrogen) atoms. The lowest BCUT2D eigenvalue weighted by molar-refractivity contribution is -0.384. The Hall–Kier alpha value is -2.56. The highest BCUT2D eigenvalue weighted by Gasteiger charge is 2.13. The van der Waals surface area contributed by atoms with E-state index >= 15 is 0 Å². The van der Waals surface area contributed by atoms with Crippen molar-refractivity contribution in [2.45, 2.75) is 10.1 Å². The van der Waals surface area contributed by atoms with E-state index in [-0.39, 0.29) is 11.3 Å². The van der Waals surface area contributed by atoms with Gasteiger partial charge in [-0.25, -0.2) is 4.98 Å². The van der Waals surface area contributed by atoms with Crippen LogP contribution in [-0.4, -0.2) is 14.9 Å². The SMILES string of the molecule is N#Cc1cc([N+](=O)[O-])ccc1Sc1nc2ccc(Cl)cc2[nH]1. The summed E-state index contributed by atoms with van der Waals surface area (Å²) >= 11 is 7.16. The van der Waals surface area contributed by atoms with E-state index in [2.05, 4.69) is 9.97 Å². The van der Waals surface area contributed by atoms with Crippen LogP contribution in [0.4, 0.5) is 5.69 Å². The van der Waals surface area contributed by atoms with Gasteiger partial charge in [0.2, 0.25) is 0 Å². The van der Waals surface area contributed by atoms with Crippen LogP contribution >= 0.6 is 23.4 Å². The second-order valence-corrected chi connectivity index (χ2v) is 5.82. The van der Waals surface area contributed by atoms with Crippen LogP contribution in [0.3, 0.4) is 0 Å². The average molecular weight is 331 g/mol. The van der Waals surface area contributed by atoms with Crippen LogP contribution in [-0.2, 0) is 0 Å². The standard InChI is InChI=1S/C14H7ClN4O2S/c15-9-1-3-11-12(6-9)18-14(17-11)22-13-4-2-10(19(20)21)5-8(13)7-16/h1-6H,(H,17,18). The number of fused-ring (bicyclic) bond motifs is 1. The van der Waals surface area contributed by atoms with Crippen molar-refractivity contribution in [3.8, 4) is 6.07 Å². The average Bonchev–Trinajstić information content (AvgIpc) is 2.88. The van der Waals surface area contributed by atoms with Gasteiger partial charge >= 0.3 is 0 Å². The van der Waals surface area contributed by atoms with Crippen molar-refractivity contribution < 1.29 is 4.92 Å². The highest BCUT2D eigenvalue weighted by molar-refractivity contribution is 7.99. The number of nitrogens with one attached hydrogen (secondary N) is 1. The fourth-order valence-corrected chi connectivity index (χ4v) is 2.95. The molecule has 0 fully saturated rings. The third-order valence-electron chi connectivity index (χ3n) is 2.92. The Bertz CT molecular complexity index is 932. The Morgan fingerprint density at radius 1 is 1.32 bits per heavy atom. The van der Waals surface area contributed by atoms with E-state index in [1.165, 1.54) is 23.9 Å². The zero-order valence-electron chi connectivity index (χ0n) is 10.9. The topological polar surface area (TPSA) is 95.6 Å². The Morgan fingerprint density at radius 3 is 2.86 bits per heavy atom. The first-order valence-corrected chi connectivity index (χ1v) is 7.28. The second-order valence-electron chi connectivity index (χ2n) is 4.35. The number of hydrogen-bond donors (Lipinski definition) is 1. The molecule has 0 amide bonds. The van der Waals surface area contributed by atoms with E-state index in [1.807, 2.05) is 6.07 Å². The lowest BCUT2D eigenvalue weighted by Crippen LogP contribution is -1.90. The molecule has 0 aliphatic rings. The van der Waals surface area contributed by atoms with Gasteiger partial charge in [-0.05, 0) is 24.3 Å². The van der Waals surface area contributed by atoms with Crippen LogP contribution in [0.2, 0.25) is 5.02 Å². The molecule has 8 heteroatoms. The van der Waals surface area contributed by atoms with Crippen molar-refractivity contribution in [1.82, 2.24) is 9.97 Å². The van der Waals surface area contributed by atoms with Crippen molar-refractivity contribution in [1.29, 1.82) is 5.26 Å². The molecule has 0 bridgehead atoms. The van der Waals surface area contributed by atoms with Gasteiger partial charge in [-0.3, -0.25) is 10.1 Å². The summed E-state index contributed by atoms with van der Waals surface area (Å²) in [7, 11) is 0. The van der Waals surface area contributed by atoms with Crippen LogP contribution in [0.25, 0.3) is 11.0 Å². The zero-order chi connectivity index (χ0) is 15.7.